The van der Waals surface area contributed by atoms with Gasteiger partial charge in [0.25, 0.3) is 0 Å². The first-order valence-corrected chi connectivity index (χ1v) is 16.7. The van der Waals surface area contributed by atoms with Gasteiger partial charge in [0.1, 0.15) is 6.10 Å². The Bertz CT molecular complexity index is 1020. The molecule has 2 aliphatic carbocycles. The van der Waals surface area contributed by atoms with Gasteiger partial charge in [-0.25, -0.2) is 4.98 Å². The Kier molecular flexibility index (Phi) is 14.1. The van der Waals surface area contributed by atoms with Crippen LogP contribution >= 0.6 is 0 Å². The average Bonchev–Trinajstić information content (AvgIpc) is 3.50. The summed E-state index contributed by atoms with van der Waals surface area (Å²) >= 11 is 0. The summed E-state index contributed by atoms with van der Waals surface area (Å²) in [5, 5.41) is 37.3. The highest BCUT2D eigenvalue weighted by molar-refractivity contribution is 5.88. The normalized spacial score (nSPS) is 20.0. The molecule has 3 rings (SSSR count). The number of amides is 3. The minimum Gasteiger partial charge on any atom is -0.390 e. The summed E-state index contributed by atoms with van der Waals surface area (Å²) in [6.45, 7) is 3.83. The molecule has 11 nitrogen and oxygen atoms in total. The van der Waals surface area contributed by atoms with Crippen LogP contribution in [-0.2, 0) is 20.8 Å². The molecule has 0 saturated heterocycles. The molecule has 0 unspecified atom stereocenters. The number of aliphatic hydroxyl groups excluding tert-OH is 2. The Morgan fingerprint density at radius 2 is 1.73 bits per heavy atom. The summed E-state index contributed by atoms with van der Waals surface area (Å²) in [7, 11) is 3.22. The maximum atomic E-state index is 14.7. The zero-order chi connectivity index (χ0) is 32.3. The monoisotopic (exact) mass is 619 g/mol. The first kappa shape index (κ1) is 36.0. The van der Waals surface area contributed by atoms with Crippen LogP contribution in [0.3, 0.4) is 0 Å². The average molecular weight is 620 g/mol. The number of nitrogens with zero attached hydrogens (tertiary/aromatic N) is 3. The smallest absolute Gasteiger partial charge is 0.241 e. The highest BCUT2D eigenvalue weighted by Crippen LogP contribution is 2.35. The van der Waals surface area contributed by atoms with Gasteiger partial charge < -0.3 is 35.4 Å². The molecule has 1 aromatic heterocycles. The van der Waals surface area contributed by atoms with Crippen LogP contribution in [0.1, 0.15) is 103 Å². The number of aliphatic hydroxyl groups is 3. The summed E-state index contributed by atoms with van der Waals surface area (Å²) in [5.41, 5.74) is -0.500. The number of aromatic nitrogens is 2. The van der Waals surface area contributed by atoms with E-state index in [1.54, 1.807) is 25.2 Å². The summed E-state index contributed by atoms with van der Waals surface area (Å²) in [6.07, 6.45) is 11.0. The Labute approximate surface area is 263 Å². The molecule has 0 aliphatic heterocycles. The Hall–Kier alpha value is -2.50. The number of carbonyl (C=O) groups excluding carboxylic acids is 3. The van der Waals surface area contributed by atoms with Gasteiger partial charge in [-0.15, -0.1) is 0 Å². The summed E-state index contributed by atoms with van der Waals surface area (Å²) in [4.78, 5) is 50.2. The van der Waals surface area contributed by atoms with Gasteiger partial charge in [0.15, 0.2) is 0 Å². The lowest BCUT2D eigenvalue weighted by Crippen LogP contribution is -2.58. The number of nitrogens with one attached hydrogen (secondary N) is 2. The summed E-state index contributed by atoms with van der Waals surface area (Å²) < 4.78 is 0. The number of carbonyl (C=O) groups is 3. The van der Waals surface area contributed by atoms with E-state index in [1.165, 1.54) is 17.6 Å². The molecule has 4 atom stereocenters. The van der Waals surface area contributed by atoms with Crippen molar-refractivity contribution in [1.29, 1.82) is 0 Å². The molecular weight excluding hydrogens is 562 g/mol. The Morgan fingerprint density at radius 3 is 2.32 bits per heavy atom. The van der Waals surface area contributed by atoms with Gasteiger partial charge in [0, 0.05) is 39.7 Å². The summed E-state index contributed by atoms with van der Waals surface area (Å²) in [6, 6.07) is -0.717. The molecule has 1 aromatic rings. The van der Waals surface area contributed by atoms with Crippen molar-refractivity contribution >= 4 is 17.7 Å². The van der Waals surface area contributed by atoms with Crippen LogP contribution in [0.25, 0.3) is 0 Å². The van der Waals surface area contributed by atoms with Crippen molar-refractivity contribution in [2.75, 3.05) is 27.2 Å². The number of H-pyrrole nitrogens is 1. The second-order valence-corrected chi connectivity index (χ2v) is 14.0. The number of likely N-dealkylation sites (N-methyl/N-ethyl adjacent to an activating group) is 1. The molecule has 2 saturated carbocycles. The fourth-order valence-electron chi connectivity index (χ4n) is 6.90. The van der Waals surface area contributed by atoms with Crippen LogP contribution in [-0.4, -0.2) is 104 Å². The molecule has 0 aromatic carbocycles. The molecule has 3 amide bonds. The van der Waals surface area contributed by atoms with Crippen molar-refractivity contribution < 1.29 is 29.7 Å². The second kappa shape index (κ2) is 17.3. The molecule has 2 aliphatic rings. The van der Waals surface area contributed by atoms with E-state index < -0.39 is 35.7 Å². The van der Waals surface area contributed by atoms with E-state index >= 15 is 0 Å². The largest absolute Gasteiger partial charge is 0.390 e. The fraction of sp³-hybridized carbons (Fsp3) is 0.818. The van der Waals surface area contributed by atoms with Crippen molar-refractivity contribution in [1.82, 2.24) is 25.1 Å². The number of hydrogen-bond donors (Lipinski definition) is 5. The lowest BCUT2D eigenvalue weighted by molar-refractivity contribution is -0.153. The maximum absolute atomic E-state index is 14.7. The van der Waals surface area contributed by atoms with E-state index in [1.807, 2.05) is 13.8 Å². The topological polar surface area (TPSA) is 159 Å². The zero-order valence-electron chi connectivity index (χ0n) is 27.3. The van der Waals surface area contributed by atoms with Crippen LogP contribution in [0, 0.1) is 17.8 Å². The van der Waals surface area contributed by atoms with Crippen molar-refractivity contribution in [2.24, 2.45) is 17.8 Å². The van der Waals surface area contributed by atoms with E-state index in [4.69, 9.17) is 0 Å². The van der Waals surface area contributed by atoms with Crippen LogP contribution < -0.4 is 5.32 Å². The maximum Gasteiger partial charge on any atom is 0.241 e. The quantitative estimate of drug-likeness (QED) is 0.190. The molecule has 44 heavy (non-hydrogen) atoms. The van der Waals surface area contributed by atoms with Crippen molar-refractivity contribution in [2.45, 2.75) is 128 Å². The third-order valence-corrected chi connectivity index (χ3v) is 9.46. The molecular formula is C33H57N5O6. The number of rotatable bonds is 16. The third-order valence-electron chi connectivity index (χ3n) is 9.46. The van der Waals surface area contributed by atoms with Gasteiger partial charge in [0.2, 0.25) is 17.7 Å². The van der Waals surface area contributed by atoms with Crippen LogP contribution in [0.5, 0.6) is 0 Å². The predicted octanol–water partition coefficient (Wildman–Crippen LogP) is 2.79. The lowest BCUT2D eigenvalue weighted by Gasteiger charge is -2.45. The van der Waals surface area contributed by atoms with Gasteiger partial charge in [0.05, 0.1) is 42.2 Å². The Balaban J connectivity index is 1.98. The van der Waals surface area contributed by atoms with Crippen LogP contribution in [0.15, 0.2) is 12.5 Å². The number of aromatic amines is 1. The number of imidazole rings is 1. The van der Waals surface area contributed by atoms with Crippen molar-refractivity contribution in [3.8, 4) is 0 Å². The first-order chi connectivity index (χ1) is 20.9. The molecule has 0 radical (unpaired) electrons. The zero-order valence-corrected chi connectivity index (χ0v) is 27.3. The Morgan fingerprint density at radius 1 is 1.07 bits per heavy atom. The van der Waals surface area contributed by atoms with E-state index in [2.05, 4.69) is 15.3 Å². The highest BCUT2D eigenvalue weighted by atomic mass is 16.3. The van der Waals surface area contributed by atoms with E-state index in [-0.39, 0.29) is 49.6 Å². The molecule has 11 heteroatoms. The molecule has 5 N–H and O–H groups in total. The molecule has 250 valence electrons. The predicted molar refractivity (Wildman–Crippen MR) is 168 cm³/mol. The first-order valence-electron chi connectivity index (χ1n) is 16.7. The van der Waals surface area contributed by atoms with E-state index in [9.17, 15) is 29.7 Å². The van der Waals surface area contributed by atoms with Gasteiger partial charge in [-0.05, 0) is 37.5 Å². The second-order valence-electron chi connectivity index (χ2n) is 14.0. The third kappa shape index (κ3) is 11.1. The van der Waals surface area contributed by atoms with Crippen molar-refractivity contribution in [3.63, 3.8) is 0 Å². The van der Waals surface area contributed by atoms with E-state index in [0.717, 1.165) is 44.9 Å². The summed E-state index contributed by atoms with van der Waals surface area (Å²) in [5.74, 6) is -1.46. The molecule has 1 heterocycles. The van der Waals surface area contributed by atoms with E-state index in [0.29, 0.717) is 31.4 Å². The minimum absolute atomic E-state index is 0.0342. The standard InChI is InChI=1S/C33H57N5O6/c1-23(2)15-28(39)31(42)27(16-24-11-7-5-8-12-24)38(21-33(44)13-9-6-10-14-33)32(43)25(17-26-19-34-22-36-26)18-29(40)35-20-30(41)37(3)4/h19,22-25,27-28,31,39,42,44H,5-18,20-21H2,1-4H3,(H,34,36)(H,35,40)/t25-,27+,28+,31-/m1/s1. The van der Waals surface area contributed by atoms with Gasteiger partial charge >= 0.3 is 0 Å². The fourth-order valence-corrected chi connectivity index (χ4v) is 6.90. The highest BCUT2D eigenvalue weighted by Gasteiger charge is 2.43. The molecule has 2 fully saturated rings. The van der Waals surface area contributed by atoms with Crippen molar-refractivity contribution in [3.05, 3.63) is 18.2 Å². The minimum atomic E-state index is -1.20. The van der Waals surface area contributed by atoms with Crippen LogP contribution in [0.4, 0.5) is 0 Å². The van der Waals surface area contributed by atoms with Gasteiger partial charge in [-0.3, -0.25) is 14.4 Å². The number of hydrogen-bond acceptors (Lipinski definition) is 7. The van der Waals surface area contributed by atoms with Crippen LogP contribution in [0.2, 0.25) is 0 Å². The lowest BCUT2D eigenvalue weighted by atomic mass is 9.79. The van der Waals surface area contributed by atoms with Gasteiger partial charge in [-0.2, -0.15) is 0 Å². The SMILES string of the molecule is CC(C)C[C@H](O)[C@H](O)[C@H](CC1CCCCC1)N(CC1(O)CCCCC1)C(=O)[C@@H](CC(=O)NCC(=O)N(C)C)Cc1c[nH]cn1. The molecule has 0 spiro atoms. The molecule has 0 bridgehead atoms. The van der Waals surface area contributed by atoms with Gasteiger partial charge in [-0.1, -0.05) is 65.2 Å².